The third-order valence-electron chi connectivity index (χ3n) is 6.95. The number of carboxylic acid groups (broad SMARTS) is 1. The first-order valence-electron chi connectivity index (χ1n) is 11.2. The first kappa shape index (κ1) is 23.5. The summed E-state index contributed by atoms with van der Waals surface area (Å²) < 4.78 is 0. The van der Waals surface area contributed by atoms with Crippen molar-refractivity contribution >= 4 is 36.0 Å². The van der Waals surface area contributed by atoms with Gasteiger partial charge in [-0.25, -0.2) is 4.79 Å². The minimum absolute atomic E-state index is 0. The van der Waals surface area contributed by atoms with E-state index < -0.39 is 12.0 Å². The summed E-state index contributed by atoms with van der Waals surface area (Å²) in [5.41, 5.74) is 3.37. The third kappa shape index (κ3) is 4.88. The monoisotopic (exact) mass is 449 g/mol. The first-order chi connectivity index (χ1) is 14.5. The Labute approximate surface area is 189 Å². The van der Waals surface area contributed by atoms with Crippen LogP contribution < -0.4 is 10.2 Å². The molecular weight excluding hydrogens is 418 g/mol. The van der Waals surface area contributed by atoms with Gasteiger partial charge in [0.05, 0.1) is 0 Å². The number of hydrogen-bond donors (Lipinski definition) is 2. The smallest absolute Gasteiger partial charge is 0.332 e. The lowest BCUT2D eigenvalue weighted by Gasteiger charge is -2.33. The number of benzene rings is 1. The summed E-state index contributed by atoms with van der Waals surface area (Å²) >= 11 is 0. The summed E-state index contributed by atoms with van der Waals surface area (Å²) in [5, 5.41) is 12.3. The molecule has 7 nitrogen and oxygen atoms in total. The van der Waals surface area contributed by atoms with Gasteiger partial charge in [0, 0.05) is 18.2 Å². The standard InChI is InChI=1S/C23H31N3O4.ClH/c1-15-22(29)26(19-6-2-16(3-7-19)4-9-21(27)28)23(30)25(15)20-8-5-17-10-12-24-13-11-18(17)14-20;/h5,8,14-16,19,24H,2-4,6-7,9-13H2,1H3,(H,27,28);1H. The molecule has 0 bridgehead atoms. The van der Waals surface area contributed by atoms with Crippen LogP contribution in [0.25, 0.3) is 0 Å². The molecule has 2 fully saturated rings. The molecule has 0 spiro atoms. The van der Waals surface area contributed by atoms with Gasteiger partial charge < -0.3 is 10.4 Å². The molecule has 4 rings (SSSR count). The number of urea groups is 1. The molecule has 2 heterocycles. The maximum Gasteiger partial charge on any atom is 0.332 e. The van der Waals surface area contributed by atoms with Gasteiger partial charge in [-0.15, -0.1) is 12.4 Å². The van der Waals surface area contributed by atoms with E-state index >= 15 is 0 Å². The van der Waals surface area contributed by atoms with E-state index in [1.807, 2.05) is 13.0 Å². The summed E-state index contributed by atoms with van der Waals surface area (Å²) in [7, 11) is 0. The van der Waals surface area contributed by atoms with Crippen LogP contribution >= 0.6 is 12.4 Å². The fraction of sp³-hybridized carbons (Fsp3) is 0.609. The largest absolute Gasteiger partial charge is 0.481 e. The normalized spacial score (nSPS) is 26.3. The fourth-order valence-electron chi connectivity index (χ4n) is 5.19. The number of carboxylic acids is 1. The first-order valence-corrected chi connectivity index (χ1v) is 11.2. The second kappa shape index (κ2) is 10.0. The van der Waals surface area contributed by atoms with Crippen molar-refractivity contribution in [2.45, 2.75) is 70.4 Å². The predicted molar refractivity (Wildman–Crippen MR) is 121 cm³/mol. The number of rotatable bonds is 5. The van der Waals surface area contributed by atoms with Gasteiger partial charge in [-0.05, 0) is 94.1 Å². The zero-order chi connectivity index (χ0) is 21.3. The van der Waals surface area contributed by atoms with Crippen LogP contribution in [0, 0.1) is 5.92 Å². The Bertz CT molecular complexity index is 838. The van der Waals surface area contributed by atoms with Crippen molar-refractivity contribution in [3.8, 4) is 0 Å². The summed E-state index contributed by atoms with van der Waals surface area (Å²) in [6.45, 7) is 3.70. The molecule has 8 heteroatoms. The molecule has 1 aromatic carbocycles. The van der Waals surface area contributed by atoms with Gasteiger partial charge >= 0.3 is 12.0 Å². The van der Waals surface area contributed by atoms with Gasteiger partial charge in [-0.1, -0.05) is 6.07 Å². The third-order valence-corrected chi connectivity index (χ3v) is 6.95. The molecule has 1 aliphatic carbocycles. The number of aliphatic carboxylic acids is 1. The number of nitrogens with one attached hydrogen (secondary N) is 1. The molecule has 3 amide bonds. The number of fused-ring (bicyclic) bond motifs is 1. The lowest BCUT2D eigenvalue weighted by atomic mass is 9.83. The molecule has 0 aromatic heterocycles. The Morgan fingerprint density at radius 2 is 1.74 bits per heavy atom. The summed E-state index contributed by atoms with van der Waals surface area (Å²) in [6, 6.07) is 5.35. The average molecular weight is 450 g/mol. The van der Waals surface area contributed by atoms with E-state index in [1.165, 1.54) is 16.0 Å². The second-order valence-electron chi connectivity index (χ2n) is 8.85. The van der Waals surface area contributed by atoms with Crippen molar-refractivity contribution in [2.24, 2.45) is 5.92 Å². The number of halogens is 1. The molecule has 170 valence electrons. The van der Waals surface area contributed by atoms with Gasteiger partial charge in [-0.3, -0.25) is 19.4 Å². The molecule has 2 aliphatic heterocycles. The van der Waals surface area contributed by atoms with Crippen LogP contribution in [0.3, 0.4) is 0 Å². The fourth-order valence-corrected chi connectivity index (χ4v) is 5.19. The number of amides is 3. The maximum absolute atomic E-state index is 13.3. The highest BCUT2D eigenvalue weighted by molar-refractivity contribution is 6.14. The molecule has 1 atom stereocenters. The zero-order valence-corrected chi connectivity index (χ0v) is 18.8. The molecule has 31 heavy (non-hydrogen) atoms. The topological polar surface area (TPSA) is 90.0 Å². The van der Waals surface area contributed by atoms with Gasteiger partial charge in [-0.2, -0.15) is 0 Å². The van der Waals surface area contributed by atoms with Gasteiger partial charge in [0.2, 0.25) is 0 Å². The second-order valence-corrected chi connectivity index (χ2v) is 8.85. The Hall–Kier alpha value is -2.12. The van der Waals surface area contributed by atoms with Gasteiger partial charge in [0.25, 0.3) is 5.91 Å². The highest BCUT2D eigenvalue weighted by Gasteiger charge is 2.47. The van der Waals surface area contributed by atoms with E-state index in [9.17, 15) is 14.4 Å². The highest BCUT2D eigenvalue weighted by Crippen LogP contribution is 2.35. The van der Waals surface area contributed by atoms with Crippen LogP contribution in [0.2, 0.25) is 0 Å². The minimum Gasteiger partial charge on any atom is -0.481 e. The van der Waals surface area contributed by atoms with Crippen LogP contribution in [0.1, 0.15) is 56.6 Å². The molecule has 0 radical (unpaired) electrons. The zero-order valence-electron chi connectivity index (χ0n) is 18.0. The lowest BCUT2D eigenvalue weighted by molar-refractivity contribution is -0.137. The summed E-state index contributed by atoms with van der Waals surface area (Å²) in [6.07, 6.45) is 6.04. The Morgan fingerprint density at radius 3 is 2.42 bits per heavy atom. The Kier molecular flexibility index (Phi) is 7.59. The van der Waals surface area contributed by atoms with E-state index in [1.54, 1.807) is 4.90 Å². The number of hydrogen-bond acceptors (Lipinski definition) is 4. The maximum atomic E-state index is 13.3. The molecule has 1 aromatic rings. The Balaban J connectivity index is 0.00000272. The molecule has 3 aliphatic rings. The number of carbonyl (C=O) groups is 3. The van der Waals surface area contributed by atoms with Crippen LogP contribution in [-0.2, 0) is 22.4 Å². The van der Waals surface area contributed by atoms with E-state index in [0.29, 0.717) is 12.3 Å². The molecule has 1 saturated carbocycles. The molecule has 2 N–H and O–H groups in total. The number of anilines is 1. The Morgan fingerprint density at radius 1 is 1.06 bits per heavy atom. The van der Waals surface area contributed by atoms with E-state index in [2.05, 4.69) is 17.4 Å². The summed E-state index contributed by atoms with van der Waals surface area (Å²) in [5.74, 6) is -0.509. The van der Waals surface area contributed by atoms with Crippen LogP contribution in [-0.4, -0.2) is 53.1 Å². The SMILES string of the molecule is CC1C(=O)N(C2CCC(CCC(=O)O)CC2)C(=O)N1c1ccc2c(c1)CCNCC2.Cl. The summed E-state index contributed by atoms with van der Waals surface area (Å²) in [4.78, 5) is 40.3. The van der Waals surface area contributed by atoms with Crippen molar-refractivity contribution in [1.29, 1.82) is 0 Å². The molecule has 1 saturated heterocycles. The number of nitrogens with zero attached hydrogens (tertiary/aromatic N) is 2. The predicted octanol–water partition coefficient (Wildman–Crippen LogP) is 3.38. The van der Waals surface area contributed by atoms with Crippen molar-refractivity contribution in [1.82, 2.24) is 10.2 Å². The van der Waals surface area contributed by atoms with Crippen LogP contribution in [0.15, 0.2) is 18.2 Å². The van der Waals surface area contributed by atoms with Crippen LogP contribution in [0.4, 0.5) is 10.5 Å². The van der Waals surface area contributed by atoms with Crippen molar-refractivity contribution < 1.29 is 19.5 Å². The number of imide groups is 1. The highest BCUT2D eigenvalue weighted by atomic mass is 35.5. The van der Waals surface area contributed by atoms with Crippen molar-refractivity contribution in [2.75, 3.05) is 18.0 Å². The molecular formula is C23H32ClN3O4. The van der Waals surface area contributed by atoms with Crippen molar-refractivity contribution in [3.05, 3.63) is 29.3 Å². The van der Waals surface area contributed by atoms with E-state index in [0.717, 1.165) is 57.3 Å². The number of carbonyl (C=O) groups excluding carboxylic acids is 2. The van der Waals surface area contributed by atoms with Crippen LogP contribution in [0.5, 0.6) is 0 Å². The quantitative estimate of drug-likeness (QED) is 0.672. The van der Waals surface area contributed by atoms with E-state index in [4.69, 9.17) is 5.11 Å². The average Bonchev–Trinajstić information content (AvgIpc) is 2.89. The molecule has 1 unspecified atom stereocenters. The van der Waals surface area contributed by atoms with Gasteiger partial charge in [0.1, 0.15) is 6.04 Å². The van der Waals surface area contributed by atoms with E-state index in [-0.39, 0.29) is 36.8 Å². The van der Waals surface area contributed by atoms with Crippen molar-refractivity contribution in [3.63, 3.8) is 0 Å². The minimum atomic E-state index is -0.761. The lowest BCUT2D eigenvalue weighted by Crippen LogP contribution is -2.43. The van der Waals surface area contributed by atoms with Gasteiger partial charge in [0.15, 0.2) is 0 Å².